The van der Waals surface area contributed by atoms with Gasteiger partial charge in [-0.05, 0) is 50.3 Å². The molecule has 1 saturated heterocycles. The number of thiophene rings is 1. The summed E-state index contributed by atoms with van der Waals surface area (Å²) in [6.45, 7) is 4.86. The molecule has 1 aliphatic rings. The van der Waals surface area contributed by atoms with Crippen molar-refractivity contribution in [2.24, 2.45) is 5.92 Å². The molecular weight excluding hydrogens is 204 g/mol. The Labute approximate surface area is 96.3 Å². The zero-order valence-electron chi connectivity index (χ0n) is 9.41. The van der Waals surface area contributed by atoms with Crippen molar-refractivity contribution in [3.8, 4) is 0 Å². The minimum absolute atomic E-state index is 0.873. The van der Waals surface area contributed by atoms with Crippen LogP contribution >= 0.6 is 11.3 Å². The summed E-state index contributed by atoms with van der Waals surface area (Å²) in [6.07, 6.45) is 2.55. The fraction of sp³-hybridized carbons (Fsp3) is 0.667. The third-order valence-electron chi connectivity index (χ3n) is 3.05. The quantitative estimate of drug-likeness (QED) is 0.821. The van der Waals surface area contributed by atoms with Crippen LogP contribution < -0.4 is 5.32 Å². The molecule has 2 heterocycles. The molecule has 1 aromatic heterocycles. The van der Waals surface area contributed by atoms with E-state index in [0.717, 1.165) is 5.92 Å². The normalized spacial score (nSPS) is 21.3. The molecule has 1 unspecified atom stereocenters. The summed E-state index contributed by atoms with van der Waals surface area (Å²) in [5.41, 5.74) is 0. The smallest absolute Gasteiger partial charge is 0.00579 e. The lowest BCUT2D eigenvalue weighted by molar-refractivity contribution is 0.289. The molecule has 0 saturated carbocycles. The van der Waals surface area contributed by atoms with Gasteiger partial charge in [0.15, 0.2) is 0 Å². The van der Waals surface area contributed by atoms with Crippen molar-refractivity contribution in [1.82, 2.24) is 10.2 Å². The predicted molar refractivity (Wildman–Crippen MR) is 66.5 cm³/mol. The largest absolute Gasteiger partial charge is 0.316 e. The van der Waals surface area contributed by atoms with Gasteiger partial charge in [0.1, 0.15) is 0 Å². The van der Waals surface area contributed by atoms with E-state index in [1.807, 2.05) is 11.3 Å². The summed E-state index contributed by atoms with van der Waals surface area (Å²) < 4.78 is 0. The Bertz CT molecular complexity index is 265. The first kappa shape index (κ1) is 11.1. The van der Waals surface area contributed by atoms with Gasteiger partial charge in [0.25, 0.3) is 0 Å². The van der Waals surface area contributed by atoms with Crippen LogP contribution in [-0.2, 0) is 6.42 Å². The lowest BCUT2D eigenvalue weighted by atomic mass is 10.1. The molecule has 1 fully saturated rings. The van der Waals surface area contributed by atoms with Crippen molar-refractivity contribution in [3.05, 3.63) is 22.4 Å². The number of likely N-dealkylation sites (N-methyl/N-ethyl adjacent to an activating group) is 1. The maximum Gasteiger partial charge on any atom is 0.00579 e. The summed E-state index contributed by atoms with van der Waals surface area (Å²) in [7, 11) is 2.24. The summed E-state index contributed by atoms with van der Waals surface area (Å²) in [5, 5.41) is 5.59. The second kappa shape index (κ2) is 5.64. The van der Waals surface area contributed by atoms with Crippen molar-refractivity contribution in [3.63, 3.8) is 0 Å². The molecule has 15 heavy (non-hydrogen) atoms. The molecule has 0 radical (unpaired) electrons. The van der Waals surface area contributed by atoms with Gasteiger partial charge in [-0.3, -0.25) is 0 Å². The molecule has 0 aromatic carbocycles. The molecule has 84 valence electrons. The average Bonchev–Trinajstić information content (AvgIpc) is 2.86. The van der Waals surface area contributed by atoms with E-state index in [2.05, 4.69) is 34.8 Å². The van der Waals surface area contributed by atoms with E-state index in [-0.39, 0.29) is 0 Å². The number of nitrogens with zero attached hydrogens (tertiary/aromatic N) is 1. The van der Waals surface area contributed by atoms with Gasteiger partial charge in [-0.15, -0.1) is 11.3 Å². The van der Waals surface area contributed by atoms with E-state index < -0.39 is 0 Å². The minimum Gasteiger partial charge on any atom is -0.316 e. The van der Waals surface area contributed by atoms with Gasteiger partial charge in [-0.25, -0.2) is 0 Å². The highest BCUT2D eigenvalue weighted by atomic mass is 32.1. The highest BCUT2D eigenvalue weighted by Gasteiger charge is 2.15. The number of hydrogen-bond donors (Lipinski definition) is 1. The lowest BCUT2D eigenvalue weighted by Crippen LogP contribution is -2.28. The van der Waals surface area contributed by atoms with Gasteiger partial charge in [-0.2, -0.15) is 0 Å². The third-order valence-corrected chi connectivity index (χ3v) is 3.99. The predicted octanol–water partition coefficient (Wildman–Crippen LogP) is 1.83. The summed E-state index contributed by atoms with van der Waals surface area (Å²) in [5.74, 6) is 0.873. The maximum atomic E-state index is 3.42. The van der Waals surface area contributed by atoms with Gasteiger partial charge in [0.2, 0.25) is 0 Å². The van der Waals surface area contributed by atoms with Crippen molar-refractivity contribution < 1.29 is 0 Å². The molecule has 0 aliphatic carbocycles. The van der Waals surface area contributed by atoms with Crippen molar-refractivity contribution >= 4 is 11.3 Å². The van der Waals surface area contributed by atoms with Crippen LogP contribution in [0.4, 0.5) is 0 Å². The Kier molecular flexibility index (Phi) is 4.18. The van der Waals surface area contributed by atoms with Gasteiger partial charge in [-0.1, -0.05) is 6.07 Å². The molecule has 1 aliphatic heterocycles. The Balaban J connectivity index is 1.66. The van der Waals surface area contributed by atoms with E-state index in [1.54, 1.807) is 0 Å². The van der Waals surface area contributed by atoms with Gasteiger partial charge in [0, 0.05) is 18.0 Å². The molecule has 2 nitrogen and oxygen atoms in total. The Morgan fingerprint density at radius 1 is 1.60 bits per heavy atom. The summed E-state index contributed by atoms with van der Waals surface area (Å²) >= 11 is 1.87. The van der Waals surface area contributed by atoms with Crippen molar-refractivity contribution in [2.75, 3.05) is 33.2 Å². The van der Waals surface area contributed by atoms with Crippen molar-refractivity contribution in [2.45, 2.75) is 12.8 Å². The lowest BCUT2D eigenvalue weighted by Gasteiger charge is -2.19. The van der Waals surface area contributed by atoms with Crippen LogP contribution in [0.1, 0.15) is 11.3 Å². The number of hydrogen-bond acceptors (Lipinski definition) is 3. The molecule has 2 rings (SSSR count). The Morgan fingerprint density at radius 3 is 3.20 bits per heavy atom. The van der Waals surface area contributed by atoms with Crippen LogP contribution in [0.15, 0.2) is 17.5 Å². The first-order valence-corrected chi connectivity index (χ1v) is 6.64. The third kappa shape index (κ3) is 3.59. The summed E-state index contributed by atoms with van der Waals surface area (Å²) in [4.78, 5) is 3.98. The van der Waals surface area contributed by atoms with Gasteiger partial charge < -0.3 is 10.2 Å². The summed E-state index contributed by atoms with van der Waals surface area (Å²) in [6, 6.07) is 4.37. The molecule has 1 aromatic rings. The number of nitrogens with one attached hydrogen (secondary N) is 1. The fourth-order valence-corrected chi connectivity index (χ4v) is 2.86. The molecule has 0 amide bonds. The maximum absolute atomic E-state index is 3.42. The van der Waals surface area contributed by atoms with Gasteiger partial charge in [0.05, 0.1) is 0 Å². The van der Waals surface area contributed by atoms with Crippen LogP contribution in [-0.4, -0.2) is 38.1 Å². The minimum atomic E-state index is 0.873. The first-order valence-electron chi connectivity index (χ1n) is 5.76. The topological polar surface area (TPSA) is 15.3 Å². The average molecular weight is 224 g/mol. The zero-order chi connectivity index (χ0) is 10.5. The molecule has 0 spiro atoms. The van der Waals surface area contributed by atoms with Gasteiger partial charge >= 0.3 is 0 Å². The van der Waals surface area contributed by atoms with Crippen LogP contribution in [0.5, 0.6) is 0 Å². The molecule has 1 N–H and O–H groups in total. The molecule has 1 atom stereocenters. The number of rotatable bonds is 5. The van der Waals surface area contributed by atoms with E-state index in [9.17, 15) is 0 Å². The van der Waals surface area contributed by atoms with E-state index in [0.29, 0.717) is 0 Å². The first-order chi connectivity index (χ1) is 7.34. The molecule has 3 heteroatoms. The highest BCUT2D eigenvalue weighted by Crippen LogP contribution is 2.12. The van der Waals surface area contributed by atoms with E-state index in [4.69, 9.17) is 0 Å². The second-order valence-corrected chi connectivity index (χ2v) is 5.48. The zero-order valence-corrected chi connectivity index (χ0v) is 10.2. The molecular formula is C12H20N2S. The van der Waals surface area contributed by atoms with E-state index in [1.165, 1.54) is 43.9 Å². The Morgan fingerprint density at radius 2 is 2.53 bits per heavy atom. The van der Waals surface area contributed by atoms with Crippen LogP contribution in [0.3, 0.4) is 0 Å². The SMILES string of the molecule is CN(CCc1cccs1)CC1CCNC1. The van der Waals surface area contributed by atoms with Crippen molar-refractivity contribution in [1.29, 1.82) is 0 Å². The van der Waals surface area contributed by atoms with Crippen LogP contribution in [0.25, 0.3) is 0 Å². The van der Waals surface area contributed by atoms with Crippen LogP contribution in [0, 0.1) is 5.92 Å². The fourth-order valence-electron chi connectivity index (χ4n) is 2.16. The second-order valence-electron chi connectivity index (χ2n) is 4.45. The monoisotopic (exact) mass is 224 g/mol. The Hall–Kier alpha value is -0.380. The standard InChI is InChI=1S/C12H20N2S/c1-14(10-11-4-6-13-9-11)7-5-12-3-2-8-15-12/h2-3,8,11,13H,4-7,9-10H2,1H3. The van der Waals surface area contributed by atoms with E-state index >= 15 is 0 Å². The van der Waals surface area contributed by atoms with Crippen LogP contribution in [0.2, 0.25) is 0 Å². The molecule has 0 bridgehead atoms. The highest BCUT2D eigenvalue weighted by molar-refractivity contribution is 7.09.